The van der Waals surface area contributed by atoms with Gasteiger partial charge >= 0.3 is 0 Å². The largest absolute Gasteiger partial charge is 0.455 e. The molecule has 12 rings (SSSR count). The van der Waals surface area contributed by atoms with E-state index in [9.17, 15) is 0 Å². The topological polar surface area (TPSA) is 57.0 Å². The Morgan fingerprint density at radius 2 is 0.895 bits per heavy atom. The maximum Gasteiger partial charge on any atom is 0.162 e. The summed E-state index contributed by atoms with van der Waals surface area (Å²) in [5.74, 6) is 0.640. The number of hydrogen-bond donors (Lipinski definition) is 0. The van der Waals surface area contributed by atoms with Gasteiger partial charge in [0, 0.05) is 54.9 Å². The van der Waals surface area contributed by atoms with Crippen molar-refractivity contribution in [3.8, 4) is 50.6 Å². The first-order chi connectivity index (χ1) is 28.3. The van der Waals surface area contributed by atoms with Gasteiger partial charge in [-0.05, 0) is 53.6 Å². The highest BCUT2D eigenvalue weighted by Crippen LogP contribution is 2.42. The van der Waals surface area contributed by atoms with Gasteiger partial charge in [0.25, 0.3) is 0 Å². The van der Waals surface area contributed by atoms with Crippen molar-refractivity contribution in [2.24, 2.45) is 0 Å². The van der Waals surface area contributed by atoms with Crippen molar-refractivity contribution >= 4 is 65.8 Å². The van der Waals surface area contributed by atoms with Crippen LogP contribution >= 0.6 is 0 Å². The molecule has 0 saturated carbocycles. The molecule has 57 heavy (non-hydrogen) atoms. The summed E-state index contributed by atoms with van der Waals surface area (Å²) in [6, 6.07) is 65.3. The van der Waals surface area contributed by atoms with Gasteiger partial charge in [0.05, 0.1) is 16.6 Å². The van der Waals surface area contributed by atoms with Gasteiger partial charge in [0.2, 0.25) is 0 Å². The van der Waals surface area contributed by atoms with Crippen molar-refractivity contribution < 1.29 is 8.83 Å². The Kier molecular flexibility index (Phi) is 6.86. The molecule has 0 unspecified atom stereocenters. The maximum absolute atomic E-state index is 6.50. The monoisotopic (exact) mass is 729 g/mol. The smallest absolute Gasteiger partial charge is 0.162 e. The van der Waals surface area contributed by atoms with Crippen molar-refractivity contribution in [2.75, 3.05) is 0 Å². The highest BCUT2D eigenvalue weighted by Gasteiger charge is 2.22. The molecule has 8 aromatic carbocycles. The summed E-state index contributed by atoms with van der Waals surface area (Å²) in [6.45, 7) is 0. The molecule has 0 N–H and O–H groups in total. The van der Waals surface area contributed by atoms with Gasteiger partial charge in [-0.15, -0.1) is 0 Å². The summed E-state index contributed by atoms with van der Waals surface area (Å²) in [6.07, 6.45) is 0. The number of para-hydroxylation sites is 6. The fourth-order valence-corrected chi connectivity index (χ4v) is 8.64. The molecule has 0 saturated heterocycles. The van der Waals surface area contributed by atoms with Crippen molar-refractivity contribution in [1.29, 1.82) is 0 Å². The van der Waals surface area contributed by atoms with Crippen LogP contribution in [0.25, 0.3) is 116 Å². The third-order valence-electron chi connectivity index (χ3n) is 11.2. The number of benzene rings is 8. The number of fused-ring (bicyclic) bond motifs is 9. The van der Waals surface area contributed by atoms with E-state index in [-0.39, 0.29) is 0 Å². The van der Waals surface area contributed by atoms with Gasteiger partial charge < -0.3 is 8.83 Å². The van der Waals surface area contributed by atoms with E-state index in [2.05, 4.69) is 162 Å². The molecule has 12 aromatic rings. The predicted octanol–water partition coefficient (Wildman–Crippen LogP) is 14.0. The van der Waals surface area contributed by atoms with Crippen molar-refractivity contribution in [1.82, 2.24) is 14.5 Å². The van der Waals surface area contributed by atoms with Crippen LogP contribution < -0.4 is 0 Å². The zero-order valence-electron chi connectivity index (χ0n) is 30.6. The maximum atomic E-state index is 6.50. The van der Waals surface area contributed by atoms with Gasteiger partial charge in [-0.1, -0.05) is 146 Å². The fraction of sp³-hybridized carbons (Fsp3) is 0. The molecule has 4 heterocycles. The summed E-state index contributed by atoms with van der Waals surface area (Å²) in [5, 5.41) is 6.51. The highest BCUT2D eigenvalue weighted by atomic mass is 16.3. The predicted molar refractivity (Wildman–Crippen MR) is 233 cm³/mol. The third kappa shape index (κ3) is 4.89. The molecule has 0 aliphatic heterocycles. The Balaban J connectivity index is 1.11. The van der Waals surface area contributed by atoms with Crippen LogP contribution in [0.15, 0.2) is 197 Å². The Labute approximate surface area is 326 Å². The van der Waals surface area contributed by atoms with Gasteiger partial charge in [0.1, 0.15) is 28.0 Å². The molecular formula is C52H31N3O2. The first kappa shape index (κ1) is 31.6. The van der Waals surface area contributed by atoms with Gasteiger partial charge in [0.15, 0.2) is 5.82 Å². The summed E-state index contributed by atoms with van der Waals surface area (Å²) in [5.41, 5.74) is 13.4. The molecule has 5 heteroatoms. The standard InChI is InChI=1S/C52H31N3O2/c1-2-18-36(19-3-1)55-44-27-7-4-22-43(44)47-48(34-16-10-14-32(30-34)37-23-12-25-41-39-20-5-8-28-45(39)56-49(37)41)53-51(54-52(47)55)35-17-11-15-33(31-35)38-24-13-26-42-40-21-6-9-29-46(40)57-50(38)42/h1-31H. The number of furan rings is 2. The van der Waals surface area contributed by atoms with E-state index in [0.29, 0.717) is 5.82 Å². The van der Waals surface area contributed by atoms with Crippen LogP contribution in [0.2, 0.25) is 0 Å². The lowest BCUT2D eigenvalue weighted by atomic mass is 9.98. The SMILES string of the molecule is c1ccc(-n2c3ccccc3c3c(-c4cccc(-c5cccc6c5oc5ccccc56)c4)nc(-c4cccc(-c5cccc6c5oc5ccccc56)c4)nc32)cc1. The molecule has 0 aliphatic rings. The molecule has 0 aliphatic carbocycles. The van der Waals surface area contributed by atoms with Crippen LogP contribution in [0.4, 0.5) is 0 Å². The van der Waals surface area contributed by atoms with Crippen molar-refractivity contribution in [3.05, 3.63) is 188 Å². The van der Waals surface area contributed by atoms with E-state index in [0.717, 1.165) is 111 Å². The minimum atomic E-state index is 0.640. The molecular weight excluding hydrogens is 699 g/mol. The number of hydrogen-bond acceptors (Lipinski definition) is 4. The molecule has 0 amide bonds. The van der Waals surface area contributed by atoms with Crippen LogP contribution in [0.3, 0.4) is 0 Å². The first-order valence-corrected chi connectivity index (χ1v) is 19.2. The second-order valence-corrected chi connectivity index (χ2v) is 14.5. The first-order valence-electron chi connectivity index (χ1n) is 19.2. The molecule has 5 nitrogen and oxygen atoms in total. The van der Waals surface area contributed by atoms with E-state index in [1.165, 1.54) is 0 Å². The Morgan fingerprint density at radius 1 is 0.386 bits per heavy atom. The third-order valence-corrected chi connectivity index (χ3v) is 11.2. The molecule has 4 aromatic heterocycles. The van der Waals surface area contributed by atoms with Crippen LogP contribution in [0.5, 0.6) is 0 Å². The fourth-order valence-electron chi connectivity index (χ4n) is 8.64. The molecule has 266 valence electrons. The Bertz CT molecular complexity index is 3540. The van der Waals surface area contributed by atoms with Crippen LogP contribution in [-0.4, -0.2) is 14.5 Å². The zero-order chi connectivity index (χ0) is 37.5. The van der Waals surface area contributed by atoms with Gasteiger partial charge in [-0.2, -0.15) is 0 Å². The lowest BCUT2D eigenvalue weighted by molar-refractivity contribution is 0.669. The lowest BCUT2D eigenvalue weighted by Gasteiger charge is -2.12. The second kappa shape index (κ2) is 12.4. The average Bonchev–Trinajstić information content (AvgIpc) is 3.96. The second-order valence-electron chi connectivity index (χ2n) is 14.5. The minimum absolute atomic E-state index is 0.640. The van der Waals surface area contributed by atoms with Crippen LogP contribution in [0.1, 0.15) is 0 Å². The Hall–Kier alpha value is -7.76. The lowest BCUT2D eigenvalue weighted by Crippen LogP contribution is -1.99. The molecule has 0 atom stereocenters. The van der Waals surface area contributed by atoms with E-state index >= 15 is 0 Å². The van der Waals surface area contributed by atoms with Gasteiger partial charge in [-0.3, -0.25) is 4.57 Å². The van der Waals surface area contributed by atoms with E-state index in [4.69, 9.17) is 18.8 Å². The van der Waals surface area contributed by atoms with Crippen molar-refractivity contribution in [3.63, 3.8) is 0 Å². The number of nitrogens with zero attached hydrogens (tertiary/aromatic N) is 3. The molecule has 0 bridgehead atoms. The van der Waals surface area contributed by atoms with Crippen molar-refractivity contribution in [2.45, 2.75) is 0 Å². The summed E-state index contributed by atoms with van der Waals surface area (Å²) >= 11 is 0. The summed E-state index contributed by atoms with van der Waals surface area (Å²) < 4.78 is 15.2. The average molecular weight is 730 g/mol. The molecule has 0 spiro atoms. The van der Waals surface area contributed by atoms with E-state index in [1.54, 1.807) is 0 Å². The molecule has 0 fully saturated rings. The summed E-state index contributed by atoms with van der Waals surface area (Å²) in [4.78, 5) is 10.9. The van der Waals surface area contributed by atoms with Crippen LogP contribution in [-0.2, 0) is 0 Å². The van der Waals surface area contributed by atoms with Gasteiger partial charge in [-0.25, -0.2) is 9.97 Å². The van der Waals surface area contributed by atoms with Crippen LogP contribution in [0, 0.1) is 0 Å². The quantitative estimate of drug-likeness (QED) is 0.177. The zero-order valence-corrected chi connectivity index (χ0v) is 30.6. The number of rotatable bonds is 5. The summed E-state index contributed by atoms with van der Waals surface area (Å²) in [7, 11) is 0. The number of aromatic nitrogens is 3. The normalized spacial score (nSPS) is 11.9. The Morgan fingerprint density at radius 3 is 1.56 bits per heavy atom. The highest BCUT2D eigenvalue weighted by molar-refractivity contribution is 6.15. The van der Waals surface area contributed by atoms with E-state index in [1.807, 2.05) is 30.3 Å². The molecule has 0 radical (unpaired) electrons. The van der Waals surface area contributed by atoms with E-state index < -0.39 is 0 Å². The minimum Gasteiger partial charge on any atom is -0.455 e.